The van der Waals surface area contributed by atoms with Gasteiger partial charge in [-0.25, -0.2) is 18.0 Å². The number of halogens is 6. The van der Waals surface area contributed by atoms with Crippen LogP contribution in [0.15, 0.2) is 42.2 Å². The van der Waals surface area contributed by atoms with Crippen LogP contribution in [0.3, 0.4) is 0 Å². The van der Waals surface area contributed by atoms with E-state index >= 15 is 0 Å². The zero-order chi connectivity index (χ0) is 26.3. The molecule has 0 bridgehead atoms. The molecule has 3 aromatic rings. The Morgan fingerprint density at radius 1 is 1.00 bits per heavy atom. The Labute approximate surface area is 205 Å². The number of benzene rings is 3. The van der Waals surface area contributed by atoms with Gasteiger partial charge < -0.3 is 14.2 Å². The Balaban J connectivity index is 1.54. The maximum Gasteiger partial charge on any atom is 0.352 e. The van der Waals surface area contributed by atoms with Crippen molar-refractivity contribution in [2.24, 2.45) is 0 Å². The molecular weight excluding hydrogens is 511 g/mol. The van der Waals surface area contributed by atoms with Crippen LogP contribution in [0.4, 0.5) is 22.0 Å². The van der Waals surface area contributed by atoms with Crippen molar-refractivity contribution < 1.29 is 45.8 Å². The Bertz CT molecular complexity index is 1420. The average Bonchev–Trinajstić information content (AvgIpc) is 3.14. The fourth-order valence-corrected chi connectivity index (χ4v) is 3.60. The highest BCUT2D eigenvalue weighted by Crippen LogP contribution is 2.38. The Morgan fingerprint density at radius 3 is 2.28 bits per heavy atom. The molecule has 0 radical (unpaired) electrons. The second-order valence-corrected chi connectivity index (χ2v) is 8.12. The predicted octanol–water partition coefficient (Wildman–Crippen LogP) is 6.33. The SMILES string of the molecule is Cc1cc(OC(=O)C(C)Oc2c(F)c(F)c(F)c(F)c2F)cc2c1C(=O)/C(=C/c1cccc(Cl)c1)O2. The lowest BCUT2D eigenvalue weighted by Crippen LogP contribution is -2.29. The molecular formula is C25H14ClF5O5. The first-order valence-corrected chi connectivity index (χ1v) is 10.6. The lowest BCUT2D eigenvalue weighted by Gasteiger charge is -2.16. The fourth-order valence-electron chi connectivity index (χ4n) is 3.40. The molecule has 0 aromatic heterocycles. The number of rotatable bonds is 5. The van der Waals surface area contributed by atoms with E-state index in [0.29, 0.717) is 16.1 Å². The lowest BCUT2D eigenvalue weighted by molar-refractivity contribution is -0.141. The number of hydrogen-bond acceptors (Lipinski definition) is 5. The number of fused-ring (bicyclic) bond motifs is 1. The minimum Gasteiger partial charge on any atom is -0.473 e. The number of ether oxygens (including phenoxy) is 3. The van der Waals surface area contributed by atoms with E-state index in [9.17, 15) is 31.5 Å². The third-order valence-corrected chi connectivity index (χ3v) is 5.34. The van der Waals surface area contributed by atoms with Crippen LogP contribution in [-0.2, 0) is 4.79 Å². The van der Waals surface area contributed by atoms with Crippen molar-refractivity contribution in [1.29, 1.82) is 0 Å². The molecule has 1 heterocycles. The van der Waals surface area contributed by atoms with Gasteiger partial charge in [-0.15, -0.1) is 0 Å². The highest BCUT2D eigenvalue weighted by molar-refractivity contribution is 6.30. The normalized spacial score (nSPS) is 14.4. The summed E-state index contributed by atoms with van der Waals surface area (Å²) in [7, 11) is 0. The first-order chi connectivity index (χ1) is 17.0. The van der Waals surface area contributed by atoms with Crippen molar-refractivity contribution in [3.63, 3.8) is 0 Å². The number of esters is 1. The van der Waals surface area contributed by atoms with Gasteiger partial charge in [0.05, 0.1) is 5.56 Å². The third kappa shape index (κ3) is 4.64. The van der Waals surface area contributed by atoms with Crippen molar-refractivity contribution in [3.8, 4) is 17.2 Å². The highest BCUT2D eigenvalue weighted by atomic mass is 35.5. The molecule has 0 fully saturated rings. The van der Waals surface area contributed by atoms with Crippen LogP contribution in [0.5, 0.6) is 17.2 Å². The number of Topliss-reactive ketones (excluding diaryl/α,β-unsaturated/α-hetero) is 1. The van der Waals surface area contributed by atoms with Crippen molar-refractivity contribution in [2.75, 3.05) is 0 Å². The minimum atomic E-state index is -2.36. The van der Waals surface area contributed by atoms with E-state index in [4.69, 9.17) is 21.1 Å². The summed E-state index contributed by atoms with van der Waals surface area (Å²) >= 11 is 5.96. The summed E-state index contributed by atoms with van der Waals surface area (Å²) in [6.07, 6.45) is -0.285. The van der Waals surface area contributed by atoms with Crippen LogP contribution in [0.1, 0.15) is 28.4 Å². The van der Waals surface area contributed by atoms with Crippen LogP contribution in [0.2, 0.25) is 5.02 Å². The van der Waals surface area contributed by atoms with Crippen molar-refractivity contribution in [3.05, 3.63) is 93.0 Å². The number of aryl methyl sites for hydroxylation is 1. The fraction of sp³-hybridized carbons (Fsp3) is 0.120. The average molecular weight is 525 g/mol. The molecule has 4 rings (SSSR count). The van der Waals surface area contributed by atoms with Gasteiger partial charge in [0.1, 0.15) is 11.5 Å². The highest BCUT2D eigenvalue weighted by Gasteiger charge is 2.32. The molecule has 0 saturated heterocycles. The molecule has 5 nitrogen and oxygen atoms in total. The first kappa shape index (κ1) is 25.2. The second kappa shape index (κ2) is 9.62. The Kier molecular flexibility index (Phi) is 6.73. The summed E-state index contributed by atoms with van der Waals surface area (Å²) in [6.45, 7) is 2.56. The number of ketones is 1. The molecule has 1 atom stereocenters. The summed E-state index contributed by atoms with van der Waals surface area (Å²) in [6, 6.07) is 9.27. The monoisotopic (exact) mass is 524 g/mol. The molecule has 0 N–H and O–H groups in total. The van der Waals surface area contributed by atoms with Gasteiger partial charge in [0.2, 0.25) is 34.9 Å². The molecule has 0 amide bonds. The van der Waals surface area contributed by atoms with Gasteiger partial charge in [-0.2, -0.15) is 8.78 Å². The van der Waals surface area contributed by atoms with Crippen molar-refractivity contribution in [2.45, 2.75) is 20.0 Å². The first-order valence-electron chi connectivity index (χ1n) is 10.2. The van der Waals surface area contributed by atoms with Gasteiger partial charge in [-0.1, -0.05) is 23.7 Å². The topological polar surface area (TPSA) is 61.8 Å². The minimum absolute atomic E-state index is 0.00172. The van der Waals surface area contributed by atoms with Crippen molar-refractivity contribution >= 4 is 29.4 Å². The summed E-state index contributed by atoms with van der Waals surface area (Å²) in [5, 5.41) is 0.458. The number of carbonyl (C=O) groups excluding carboxylic acids is 2. The predicted molar refractivity (Wildman–Crippen MR) is 118 cm³/mol. The Morgan fingerprint density at radius 2 is 1.64 bits per heavy atom. The zero-order valence-corrected chi connectivity index (χ0v) is 19.2. The van der Waals surface area contributed by atoms with E-state index in [1.54, 1.807) is 31.2 Å². The smallest absolute Gasteiger partial charge is 0.352 e. The van der Waals surface area contributed by atoms with E-state index in [2.05, 4.69) is 4.74 Å². The van der Waals surface area contributed by atoms with Gasteiger partial charge in [-0.05, 0) is 49.2 Å². The summed E-state index contributed by atoms with van der Waals surface area (Å²) in [4.78, 5) is 25.2. The van der Waals surface area contributed by atoms with E-state index in [0.717, 1.165) is 6.92 Å². The van der Waals surface area contributed by atoms with Gasteiger partial charge >= 0.3 is 5.97 Å². The van der Waals surface area contributed by atoms with Gasteiger partial charge in [0, 0.05) is 11.1 Å². The number of carbonyl (C=O) groups is 2. The molecule has 0 spiro atoms. The molecule has 186 valence electrons. The molecule has 1 aliphatic heterocycles. The largest absolute Gasteiger partial charge is 0.473 e. The maximum absolute atomic E-state index is 13.8. The van der Waals surface area contributed by atoms with Crippen LogP contribution >= 0.6 is 11.6 Å². The number of hydrogen-bond donors (Lipinski definition) is 0. The lowest BCUT2D eigenvalue weighted by atomic mass is 10.0. The third-order valence-electron chi connectivity index (χ3n) is 5.10. The van der Waals surface area contributed by atoms with Crippen molar-refractivity contribution in [1.82, 2.24) is 0 Å². The van der Waals surface area contributed by atoms with Gasteiger partial charge in [0.25, 0.3) is 0 Å². The van der Waals surface area contributed by atoms with Crippen LogP contribution in [0, 0.1) is 36.0 Å². The van der Waals surface area contributed by atoms with Crippen LogP contribution in [-0.4, -0.2) is 17.9 Å². The van der Waals surface area contributed by atoms with E-state index in [-0.39, 0.29) is 22.8 Å². The molecule has 3 aromatic carbocycles. The van der Waals surface area contributed by atoms with E-state index in [1.165, 1.54) is 18.2 Å². The number of allylic oxidation sites excluding steroid dienone is 1. The van der Waals surface area contributed by atoms with Crippen LogP contribution < -0.4 is 14.2 Å². The van der Waals surface area contributed by atoms with E-state index < -0.39 is 52.7 Å². The molecule has 11 heteroatoms. The molecule has 0 aliphatic carbocycles. The second-order valence-electron chi connectivity index (χ2n) is 7.69. The van der Waals surface area contributed by atoms with Gasteiger partial charge in [0.15, 0.2) is 17.6 Å². The zero-order valence-electron chi connectivity index (χ0n) is 18.4. The Hall–Kier alpha value is -3.92. The molecule has 0 saturated carbocycles. The maximum atomic E-state index is 13.8. The quantitative estimate of drug-likeness (QED) is 0.0974. The summed E-state index contributed by atoms with van der Waals surface area (Å²) < 4.78 is 83.1. The standard InChI is InChI=1S/C25H14ClF5O5/c1-10-6-14(9-15-17(10)23(32)16(36-15)8-12-4-3-5-13(26)7-12)35-25(33)11(2)34-24-21(30)19(28)18(27)20(29)22(24)31/h3-9,11H,1-2H3/b16-8-. The molecule has 1 aliphatic rings. The van der Waals surface area contributed by atoms with Gasteiger partial charge in [-0.3, -0.25) is 4.79 Å². The molecule has 36 heavy (non-hydrogen) atoms. The van der Waals surface area contributed by atoms with E-state index in [1.807, 2.05) is 0 Å². The molecule has 1 unspecified atom stereocenters. The summed E-state index contributed by atoms with van der Waals surface area (Å²) in [5.74, 6) is -14.5. The summed E-state index contributed by atoms with van der Waals surface area (Å²) in [5.41, 5.74) is 1.24. The van der Waals surface area contributed by atoms with Crippen LogP contribution in [0.25, 0.3) is 6.08 Å².